The Kier molecular flexibility index (Phi) is 3.91. The Bertz CT molecular complexity index is 312. The summed E-state index contributed by atoms with van der Waals surface area (Å²) in [6.45, 7) is 2.58. The number of carboxylic acids is 1. The number of unbranched alkanes of at least 4 members (excludes halogenated alkanes) is 1. The molecular formula is C10H13NO3. The highest BCUT2D eigenvalue weighted by molar-refractivity contribution is 5.88. The summed E-state index contributed by atoms with van der Waals surface area (Å²) < 4.78 is 5.30. The monoisotopic (exact) mass is 195 g/mol. The third kappa shape index (κ3) is 2.73. The third-order valence-corrected chi connectivity index (χ3v) is 1.73. The molecule has 0 aliphatic carbocycles. The average Bonchev–Trinajstić information content (AvgIpc) is 2.19. The number of carbonyl (C=O) groups is 1. The van der Waals surface area contributed by atoms with Crippen LogP contribution in [0.25, 0.3) is 0 Å². The van der Waals surface area contributed by atoms with Crippen LogP contribution in [0.2, 0.25) is 0 Å². The lowest BCUT2D eigenvalue weighted by Gasteiger charge is -2.06. The van der Waals surface area contributed by atoms with Gasteiger partial charge in [0.25, 0.3) is 0 Å². The lowest BCUT2D eigenvalue weighted by atomic mass is 10.3. The van der Waals surface area contributed by atoms with Crippen LogP contribution < -0.4 is 4.74 Å². The minimum atomic E-state index is -1.06. The van der Waals surface area contributed by atoms with Crippen molar-refractivity contribution < 1.29 is 14.6 Å². The molecule has 4 nitrogen and oxygen atoms in total. The van der Waals surface area contributed by atoms with Gasteiger partial charge < -0.3 is 9.84 Å². The molecule has 4 heteroatoms. The van der Waals surface area contributed by atoms with Gasteiger partial charge in [-0.1, -0.05) is 13.3 Å². The van der Waals surface area contributed by atoms with Gasteiger partial charge in [0.05, 0.1) is 6.61 Å². The summed E-state index contributed by atoms with van der Waals surface area (Å²) in [5.74, 6) is -0.717. The summed E-state index contributed by atoms with van der Waals surface area (Å²) in [7, 11) is 0. The molecule has 1 rings (SSSR count). The van der Waals surface area contributed by atoms with Crippen molar-refractivity contribution in [3.8, 4) is 5.75 Å². The number of pyridine rings is 1. The van der Waals surface area contributed by atoms with E-state index >= 15 is 0 Å². The maximum absolute atomic E-state index is 10.7. The van der Waals surface area contributed by atoms with Crippen molar-refractivity contribution in [2.24, 2.45) is 0 Å². The molecule has 0 saturated carbocycles. The van der Waals surface area contributed by atoms with Crippen LogP contribution in [0.4, 0.5) is 0 Å². The molecule has 0 radical (unpaired) electrons. The standard InChI is InChI=1S/C10H13NO3/c1-2-3-7-14-8-5-4-6-11-9(8)10(12)13/h4-6H,2-3,7H2,1H3,(H,12,13). The summed E-state index contributed by atoms with van der Waals surface area (Å²) in [6.07, 6.45) is 3.37. The Morgan fingerprint density at radius 2 is 2.43 bits per heavy atom. The number of rotatable bonds is 5. The van der Waals surface area contributed by atoms with Crippen molar-refractivity contribution in [1.29, 1.82) is 0 Å². The molecule has 0 spiro atoms. The molecule has 0 aliphatic heterocycles. The third-order valence-electron chi connectivity index (χ3n) is 1.73. The molecule has 0 aromatic carbocycles. The smallest absolute Gasteiger partial charge is 0.358 e. The first-order valence-corrected chi connectivity index (χ1v) is 4.56. The minimum absolute atomic E-state index is 0.0244. The van der Waals surface area contributed by atoms with Crippen molar-refractivity contribution >= 4 is 5.97 Å². The Balaban J connectivity index is 2.69. The molecule has 0 atom stereocenters. The van der Waals surface area contributed by atoms with E-state index in [1.807, 2.05) is 6.92 Å². The summed E-state index contributed by atoms with van der Waals surface area (Å²) in [6, 6.07) is 3.28. The zero-order chi connectivity index (χ0) is 10.4. The van der Waals surface area contributed by atoms with Gasteiger partial charge in [-0.05, 0) is 18.6 Å². The Morgan fingerprint density at radius 1 is 1.64 bits per heavy atom. The highest BCUT2D eigenvalue weighted by Crippen LogP contribution is 2.15. The van der Waals surface area contributed by atoms with Gasteiger partial charge in [-0.3, -0.25) is 0 Å². The zero-order valence-electron chi connectivity index (χ0n) is 8.06. The largest absolute Gasteiger partial charge is 0.491 e. The lowest BCUT2D eigenvalue weighted by molar-refractivity contribution is 0.0685. The Labute approximate surface area is 82.5 Å². The predicted molar refractivity (Wildman–Crippen MR) is 51.6 cm³/mol. The minimum Gasteiger partial charge on any atom is -0.491 e. The van der Waals surface area contributed by atoms with Gasteiger partial charge in [0.15, 0.2) is 11.4 Å². The first kappa shape index (κ1) is 10.5. The molecule has 76 valence electrons. The van der Waals surface area contributed by atoms with Crippen LogP contribution in [0.1, 0.15) is 30.3 Å². The van der Waals surface area contributed by atoms with Crippen molar-refractivity contribution in [3.63, 3.8) is 0 Å². The van der Waals surface area contributed by atoms with E-state index in [1.54, 1.807) is 12.1 Å². The molecule has 1 heterocycles. The average molecular weight is 195 g/mol. The van der Waals surface area contributed by atoms with E-state index in [0.717, 1.165) is 12.8 Å². The summed E-state index contributed by atoms with van der Waals surface area (Å²) in [5, 5.41) is 8.78. The number of aromatic nitrogens is 1. The molecule has 1 aromatic rings. The van der Waals surface area contributed by atoms with E-state index in [2.05, 4.69) is 4.98 Å². The second-order valence-electron chi connectivity index (χ2n) is 2.86. The van der Waals surface area contributed by atoms with Crippen LogP contribution in [0.3, 0.4) is 0 Å². The summed E-state index contributed by atoms with van der Waals surface area (Å²) in [4.78, 5) is 14.4. The number of ether oxygens (including phenoxy) is 1. The molecule has 0 amide bonds. The Hall–Kier alpha value is -1.58. The van der Waals surface area contributed by atoms with Crippen LogP contribution in [0.15, 0.2) is 18.3 Å². The van der Waals surface area contributed by atoms with Crippen LogP contribution in [-0.4, -0.2) is 22.7 Å². The highest BCUT2D eigenvalue weighted by Gasteiger charge is 2.11. The molecule has 0 aliphatic rings. The van der Waals surface area contributed by atoms with E-state index in [0.29, 0.717) is 12.4 Å². The second-order valence-corrected chi connectivity index (χ2v) is 2.86. The predicted octanol–water partition coefficient (Wildman–Crippen LogP) is 1.96. The molecule has 0 unspecified atom stereocenters. The van der Waals surface area contributed by atoms with E-state index in [1.165, 1.54) is 6.20 Å². The van der Waals surface area contributed by atoms with Gasteiger partial charge in [0.1, 0.15) is 0 Å². The topological polar surface area (TPSA) is 59.4 Å². The first-order chi connectivity index (χ1) is 6.75. The molecule has 0 fully saturated rings. The second kappa shape index (κ2) is 5.21. The number of carboxylic acid groups (broad SMARTS) is 1. The van der Waals surface area contributed by atoms with Crippen LogP contribution in [0, 0.1) is 0 Å². The maximum Gasteiger partial charge on any atom is 0.358 e. The van der Waals surface area contributed by atoms with Gasteiger partial charge in [-0.25, -0.2) is 9.78 Å². The van der Waals surface area contributed by atoms with Crippen LogP contribution >= 0.6 is 0 Å². The van der Waals surface area contributed by atoms with E-state index in [4.69, 9.17) is 9.84 Å². The van der Waals surface area contributed by atoms with E-state index in [9.17, 15) is 4.79 Å². The van der Waals surface area contributed by atoms with Crippen molar-refractivity contribution in [2.75, 3.05) is 6.61 Å². The number of aromatic carboxylic acids is 1. The highest BCUT2D eigenvalue weighted by atomic mass is 16.5. The molecule has 14 heavy (non-hydrogen) atoms. The zero-order valence-corrected chi connectivity index (χ0v) is 8.06. The van der Waals surface area contributed by atoms with Crippen LogP contribution in [0.5, 0.6) is 5.75 Å². The SMILES string of the molecule is CCCCOc1cccnc1C(=O)O. The normalized spacial score (nSPS) is 9.79. The molecule has 1 aromatic heterocycles. The van der Waals surface area contributed by atoms with Gasteiger partial charge in [0, 0.05) is 6.20 Å². The van der Waals surface area contributed by atoms with Crippen molar-refractivity contribution in [2.45, 2.75) is 19.8 Å². The number of nitrogens with zero attached hydrogens (tertiary/aromatic N) is 1. The van der Waals surface area contributed by atoms with E-state index in [-0.39, 0.29) is 5.69 Å². The first-order valence-electron chi connectivity index (χ1n) is 4.56. The maximum atomic E-state index is 10.7. The fraction of sp³-hybridized carbons (Fsp3) is 0.400. The van der Waals surface area contributed by atoms with Gasteiger partial charge in [0.2, 0.25) is 0 Å². The fourth-order valence-corrected chi connectivity index (χ4v) is 0.994. The molecule has 0 saturated heterocycles. The van der Waals surface area contributed by atoms with Gasteiger partial charge in [-0.15, -0.1) is 0 Å². The summed E-state index contributed by atoms with van der Waals surface area (Å²) >= 11 is 0. The van der Waals surface area contributed by atoms with Crippen LogP contribution in [-0.2, 0) is 0 Å². The quantitative estimate of drug-likeness (QED) is 0.729. The fourth-order valence-electron chi connectivity index (χ4n) is 0.994. The van der Waals surface area contributed by atoms with E-state index < -0.39 is 5.97 Å². The van der Waals surface area contributed by atoms with Crippen molar-refractivity contribution in [1.82, 2.24) is 4.98 Å². The van der Waals surface area contributed by atoms with Crippen molar-refractivity contribution in [3.05, 3.63) is 24.0 Å². The number of hydrogen-bond acceptors (Lipinski definition) is 3. The number of hydrogen-bond donors (Lipinski definition) is 1. The lowest BCUT2D eigenvalue weighted by Crippen LogP contribution is -2.06. The summed E-state index contributed by atoms with van der Waals surface area (Å²) in [5.41, 5.74) is -0.0244. The Morgan fingerprint density at radius 3 is 3.07 bits per heavy atom. The van der Waals surface area contributed by atoms with Gasteiger partial charge in [-0.2, -0.15) is 0 Å². The van der Waals surface area contributed by atoms with Gasteiger partial charge >= 0.3 is 5.97 Å². The molecule has 0 bridgehead atoms. The molecule has 1 N–H and O–H groups in total. The molecular weight excluding hydrogens is 182 g/mol.